The lowest BCUT2D eigenvalue weighted by molar-refractivity contribution is 0.0734. The van der Waals surface area contributed by atoms with Crippen molar-refractivity contribution >= 4 is 34.4 Å². The fourth-order valence-electron chi connectivity index (χ4n) is 2.81. The SMILES string of the molecule is CC(Cl)c1nc2cc(Cl)cnc2n1C(C)C1CCCO1. The van der Waals surface area contributed by atoms with Gasteiger partial charge < -0.3 is 9.30 Å². The average molecular weight is 314 g/mol. The minimum Gasteiger partial charge on any atom is -0.376 e. The summed E-state index contributed by atoms with van der Waals surface area (Å²) in [6.07, 6.45) is 4.00. The summed E-state index contributed by atoms with van der Waals surface area (Å²) in [6, 6.07) is 1.98. The molecule has 1 aliphatic rings. The predicted octanol–water partition coefficient (Wildman–Crippen LogP) is 4.12. The number of alkyl halides is 1. The molecule has 0 spiro atoms. The molecule has 4 nitrogen and oxygen atoms in total. The molecule has 6 heteroatoms. The molecule has 0 aromatic carbocycles. The first-order chi connectivity index (χ1) is 9.58. The van der Waals surface area contributed by atoms with Crippen LogP contribution in [0.1, 0.15) is 43.9 Å². The van der Waals surface area contributed by atoms with Gasteiger partial charge in [0.2, 0.25) is 0 Å². The maximum absolute atomic E-state index is 6.29. The Bertz CT molecular complexity index is 620. The van der Waals surface area contributed by atoms with Crippen molar-refractivity contribution in [1.29, 1.82) is 0 Å². The molecule has 0 N–H and O–H groups in total. The first-order valence-electron chi connectivity index (χ1n) is 6.87. The summed E-state index contributed by atoms with van der Waals surface area (Å²) in [7, 11) is 0. The quantitative estimate of drug-likeness (QED) is 0.800. The number of fused-ring (bicyclic) bond motifs is 1. The molecular weight excluding hydrogens is 297 g/mol. The van der Waals surface area contributed by atoms with E-state index in [2.05, 4.69) is 21.5 Å². The lowest BCUT2D eigenvalue weighted by Gasteiger charge is -2.23. The van der Waals surface area contributed by atoms with Crippen molar-refractivity contribution in [2.45, 2.75) is 44.2 Å². The summed E-state index contributed by atoms with van der Waals surface area (Å²) in [5.41, 5.74) is 1.60. The fourth-order valence-corrected chi connectivity index (χ4v) is 3.11. The zero-order valence-electron chi connectivity index (χ0n) is 11.5. The smallest absolute Gasteiger partial charge is 0.160 e. The van der Waals surface area contributed by atoms with E-state index in [9.17, 15) is 0 Å². The van der Waals surface area contributed by atoms with Gasteiger partial charge in [0.15, 0.2) is 5.65 Å². The normalized spacial score (nSPS) is 22.3. The highest BCUT2D eigenvalue weighted by Crippen LogP contribution is 2.32. The second kappa shape index (κ2) is 5.51. The topological polar surface area (TPSA) is 39.9 Å². The highest BCUT2D eigenvalue weighted by molar-refractivity contribution is 6.31. The number of pyridine rings is 1. The largest absolute Gasteiger partial charge is 0.376 e. The zero-order valence-corrected chi connectivity index (χ0v) is 13.0. The number of rotatable bonds is 3. The van der Waals surface area contributed by atoms with E-state index in [0.717, 1.165) is 36.4 Å². The van der Waals surface area contributed by atoms with Crippen LogP contribution in [-0.2, 0) is 4.74 Å². The molecule has 1 aliphatic heterocycles. The third kappa shape index (κ3) is 2.41. The molecule has 1 fully saturated rings. The number of imidazole rings is 1. The molecule has 2 aromatic heterocycles. The van der Waals surface area contributed by atoms with Gasteiger partial charge in [-0.2, -0.15) is 0 Å². The molecule has 3 atom stereocenters. The van der Waals surface area contributed by atoms with E-state index in [1.54, 1.807) is 6.20 Å². The molecule has 0 bridgehead atoms. The monoisotopic (exact) mass is 313 g/mol. The van der Waals surface area contributed by atoms with Crippen LogP contribution in [0.2, 0.25) is 5.02 Å². The maximum Gasteiger partial charge on any atom is 0.160 e. The molecule has 1 saturated heterocycles. The number of hydrogen-bond acceptors (Lipinski definition) is 3. The molecule has 108 valence electrons. The third-order valence-corrected chi connectivity index (χ3v) is 4.19. The Morgan fingerprint density at radius 3 is 2.90 bits per heavy atom. The summed E-state index contributed by atoms with van der Waals surface area (Å²) >= 11 is 12.3. The van der Waals surface area contributed by atoms with Gasteiger partial charge in [-0.15, -0.1) is 11.6 Å². The summed E-state index contributed by atoms with van der Waals surface area (Å²) in [5, 5.41) is 0.396. The van der Waals surface area contributed by atoms with Crippen LogP contribution in [0.4, 0.5) is 0 Å². The van der Waals surface area contributed by atoms with Crippen LogP contribution in [0.5, 0.6) is 0 Å². The lowest BCUT2D eigenvalue weighted by Crippen LogP contribution is -2.23. The molecule has 0 aliphatic carbocycles. The lowest BCUT2D eigenvalue weighted by atomic mass is 10.1. The first-order valence-corrected chi connectivity index (χ1v) is 7.68. The maximum atomic E-state index is 6.29. The highest BCUT2D eigenvalue weighted by Gasteiger charge is 2.28. The molecular formula is C14H17Cl2N3O. The average Bonchev–Trinajstić information content (AvgIpc) is 3.04. The van der Waals surface area contributed by atoms with Gasteiger partial charge in [0.25, 0.3) is 0 Å². The Kier molecular flexibility index (Phi) is 3.89. The number of aromatic nitrogens is 3. The minimum absolute atomic E-state index is 0.160. The predicted molar refractivity (Wildman–Crippen MR) is 80.5 cm³/mol. The van der Waals surface area contributed by atoms with Crippen molar-refractivity contribution < 1.29 is 4.74 Å². The van der Waals surface area contributed by atoms with Gasteiger partial charge in [-0.3, -0.25) is 0 Å². The van der Waals surface area contributed by atoms with E-state index >= 15 is 0 Å². The summed E-state index contributed by atoms with van der Waals surface area (Å²) < 4.78 is 7.90. The highest BCUT2D eigenvalue weighted by atomic mass is 35.5. The second-order valence-electron chi connectivity index (χ2n) is 5.24. The van der Waals surface area contributed by atoms with Crippen molar-refractivity contribution in [2.75, 3.05) is 6.61 Å². The van der Waals surface area contributed by atoms with E-state index in [4.69, 9.17) is 27.9 Å². The van der Waals surface area contributed by atoms with Crippen LogP contribution in [0.25, 0.3) is 11.2 Å². The summed E-state index contributed by atoms with van der Waals surface area (Å²) in [4.78, 5) is 9.02. The number of ether oxygens (including phenoxy) is 1. The van der Waals surface area contributed by atoms with Crippen molar-refractivity contribution in [1.82, 2.24) is 14.5 Å². The Labute approximate surface area is 128 Å². The van der Waals surface area contributed by atoms with Gasteiger partial charge in [0, 0.05) is 12.8 Å². The molecule has 3 heterocycles. The molecule has 0 saturated carbocycles. The molecule has 2 aromatic rings. The van der Waals surface area contributed by atoms with Crippen LogP contribution < -0.4 is 0 Å². The molecule has 0 radical (unpaired) electrons. The van der Waals surface area contributed by atoms with E-state index < -0.39 is 0 Å². The Balaban J connectivity index is 2.13. The summed E-state index contributed by atoms with van der Waals surface area (Å²) in [6.45, 7) is 4.88. The van der Waals surface area contributed by atoms with Crippen LogP contribution in [-0.4, -0.2) is 27.2 Å². The van der Waals surface area contributed by atoms with Crippen molar-refractivity contribution in [2.24, 2.45) is 0 Å². The van der Waals surface area contributed by atoms with E-state index in [-0.39, 0.29) is 17.5 Å². The van der Waals surface area contributed by atoms with Crippen molar-refractivity contribution in [3.05, 3.63) is 23.1 Å². The van der Waals surface area contributed by atoms with Crippen LogP contribution in [0.15, 0.2) is 12.3 Å². The van der Waals surface area contributed by atoms with Crippen molar-refractivity contribution in [3.63, 3.8) is 0 Å². The Hall–Kier alpha value is -0.840. The second-order valence-corrected chi connectivity index (χ2v) is 6.34. The van der Waals surface area contributed by atoms with Gasteiger partial charge >= 0.3 is 0 Å². The molecule has 3 unspecified atom stereocenters. The van der Waals surface area contributed by atoms with Gasteiger partial charge in [-0.05, 0) is 32.8 Å². The Morgan fingerprint density at radius 1 is 1.45 bits per heavy atom. The zero-order chi connectivity index (χ0) is 14.3. The number of nitrogens with zero attached hydrogens (tertiary/aromatic N) is 3. The summed E-state index contributed by atoms with van der Waals surface area (Å²) in [5.74, 6) is 0.819. The number of halogens is 2. The molecule has 0 amide bonds. The van der Waals surface area contributed by atoms with Gasteiger partial charge in [-0.25, -0.2) is 9.97 Å². The van der Waals surface area contributed by atoms with Crippen LogP contribution in [0, 0.1) is 0 Å². The minimum atomic E-state index is -0.188. The Morgan fingerprint density at radius 2 is 2.25 bits per heavy atom. The fraction of sp³-hybridized carbons (Fsp3) is 0.571. The van der Waals surface area contributed by atoms with Crippen LogP contribution >= 0.6 is 23.2 Å². The van der Waals surface area contributed by atoms with Gasteiger partial charge in [0.05, 0.1) is 22.5 Å². The molecule has 20 heavy (non-hydrogen) atoms. The standard InChI is InChI=1S/C14H17Cl2N3O/c1-8(15)13-18-11-6-10(16)7-17-14(11)19(13)9(2)12-4-3-5-20-12/h6-9,12H,3-5H2,1-2H3. The number of hydrogen-bond donors (Lipinski definition) is 0. The van der Waals surface area contributed by atoms with Crippen LogP contribution in [0.3, 0.4) is 0 Å². The first kappa shape index (κ1) is 14.1. The van der Waals surface area contributed by atoms with Gasteiger partial charge in [0.1, 0.15) is 11.3 Å². The van der Waals surface area contributed by atoms with E-state index in [0.29, 0.717) is 5.02 Å². The third-order valence-electron chi connectivity index (χ3n) is 3.79. The van der Waals surface area contributed by atoms with Crippen molar-refractivity contribution in [3.8, 4) is 0 Å². The van der Waals surface area contributed by atoms with E-state index in [1.807, 2.05) is 13.0 Å². The van der Waals surface area contributed by atoms with E-state index in [1.165, 1.54) is 0 Å². The van der Waals surface area contributed by atoms with Gasteiger partial charge in [-0.1, -0.05) is 11.6 Å². The molecule has 3 rings (SSSR count).